The molecule has 5 nitrogen and oxygen atoms in total. The van der Waals surface area contributed by atoms with Crippen molar-refractivity contribution in [2.45, 2.75) is 6.42 Å². The number of H-pyrrole nitrogens is 1. The van der Waals surface area contributed by atoms with E-state index in [9.17, 15) is 4.79 Å². The number of nitrogens with zero attached hydrogens (tertiary/aromatic N) is 2. The molecule has 84 valence electrons. The first-order chi connectivity index (χ1) is 7.74. The first-order valence-electron chi connectivity index (χ1n) is 5.12. The summed E-state index contributed by atoms with van der Waals surface area (Å²) in [5.74, 6) is 0. The van der Waals surface area contributed by atoms with Gasteiger partial charge in [-0.05, 0) is 25.1 Å². The lowest BCUT2D eigenvalue weighted by molar-refractivity contribution is 0.739. The Kier molecular flexibility index (Phi) is 2.87. The van der Waals surface area contributed by atoms with Crippen LogP contribution in [0, 0.1) is 0 Å². The highest BCUT2D eigenvalue weighted by atomic mass is 16.1. The van der Waals surface area contributed by atoms with E-state index in [4.69, 9.17) is 5.73 Å². The van der Waals surface area contributed by atoms with Crippen LogP contribution in [0.15, 0.2) is 29.3 Å². The minimum absolute atomic E-state index is 0.0164. The standard InChI is InChI=1S/C11H14N4O/c1-15-11(16)9(2-5-12)10(14-15)8-3-6-13-7-4-8/h3-4,6-7,14H,2,5,12H2,1H3. The molecule has 0 saturated carbocycles. The lowest BCUT2D eigenvalue weighted by Gasteiger charge is -2.00. The lowest BCUT2D eigenvalue weighted by Crippen LogP contribution is -2.17. The van der Waals surface area contributed by atoms with E-state index in [1.54, 1.807) is 19.4 Å². The van der Waals surface area contributed by atoms with Crippen molar-refractivity contribution >= 4 is 0 Å². The quantitative estimate of drug-likeness (QED) is 0.776. The Balaban J connectivity index is 2.57. The number of rotatable bonds is 3. The number of hydrogen-bond acceptors (Lipinski definition) is 3. The van der Waals surface area contributed by atoms with Crippen molar-refractivity contribution < 1.29 is 0 Å². The molecule has 0 aliphatic heterocycles. The molecule has 2 heterocycles. The van der Waals surface area contributed by atoms with Crippen molar-refractivity contribution in [1.82, 2.24) is 14.8 Å². The van der Waals surface area contributed by atoms with Crippen molar-refractivity contribution in [3.05, 3.63) is 40.4 Å². The fourth-order valence-electron chi connectivity index (χ4n) is 1.73. The molecule has 2 aromatic rings. The molecule has 0 saturated heterocycles. The first-order valence-corrected chi connectivity index (χ1v) is 5.12. The smallest absolute Gasteiger partial charge is 0.270 e. The van der Waals surface area contributed by atoms with Gasteiger partial charge in [0.1, 0.15) is 0 Å². The molecular formula is C11H14N4O. The van der Waals surface area contributed by atoms with E-state index in [1.807, 2.05) is 12.1 Å². The molecule has 0 aliphatic rings. The Bertz CT molecular complexity index is 527. The third-order valence-corrected chi connectivity index (χ3v) is 2.51. The SMILES string of the molecule is Cn1[nH]c(-c2ccncc2)c(CCN)c1=O. The molecule has 0 radical (unpaired) electrons. The highest BCUT2D eigenvalue weighted by molar-refractivity contribution is 5.61. The Morgan fingerprint density at radius 2 is 2.12 bits per heavy atom. The summed E-state index contributed by atoms with van der Waals surface area (Å²) in [6.07, 6.45) is 3.98. The van der Waals surface area contributed by atoms with Gasteiger partial charge in [0, 0.05) is 30.6 Å². The maximum Gasteiger partial charge on any atom is 0.270 e. The van der Waals surface area contributed by atoms with Gasteiger partial charge in [0.25, 0.3) is 5.56 Å². The van der Waals surface area contributed by atoms with Crippen LogP contribution in [-0.4, -0.2) is 21.3 Å². The summed E-state index contributed by atoms with van der Waals surface area (Å²) in [5.41, 5.74) is 8.02. The van der Waals surface area contributed by atoms with Crippen LogP contribution in [0.3, 0.4) is 0 Å². The van der Waals surface area contributed by atoms with Gasteiger partial charge in [-0.2, -0.15) is 0 Å². The molecule has 5 heteroatoms. The molecule has 0 aliphatic carbocycles. The van der Waals surface area contributed by atoms with Gasteiger partial charge in [-0.15, -0.1) is 0 Å². The molecule has 16 heavy (non-hydrogen) atoms. The van der Waals surface area contributed by atoms with E-state index in [0.717, 1.165) is 16.8 Å². The van der Waals surface area contributed by atoms with Crippen LogP contribution in [0.4, 0.5) is 0 Å². The van der Waals surface area contributed by atoms with Crippen molar-refractivity contribution in [1.29, 1.82) is 0 Å². The van der Waals surface area contributed by atoms with Crippen LogP contribution in [0.25, 0.3) is 11.3 Å². The fourth-order valence-corrected chi connectivity index (χ4v) is 1.73. The normalized spacial score (nSPS) is 10.6. The molecule has 0 unspecified atom stereocenters. The van der Waals surface area contributed by atoms with E-state index in [-0.39, 0.29) is 5.56 Å². The van der Waals surface area contributed by atoms with Crippen LogP contribution in [0.2, 0.25) is 0 Å². The topological polar surface area (TPSA) is 76.7 Å². The van der Waals surface area contributed by atoms with E-state index < -0.39 is 0 Å². The number of pyridine rings is 1. The van der Waals surface area contributed by atoms with Crippen molar-refractivity contribution in [3.63, 3.8) is 0 Å². The predicted octanol–water partition coefficient (Wildman–Crippen LogP) is 0.277. The number of aryl methyl sites for hydroxylation is 1. The zero-order chi connectivity index (χ0) is 11.5. The highest BCUT2D eigenvalue weighted by Crippen LogP contribution is 2.18. The van der Waals surface area contributed by atoms with Crippen LogP contribution in [0.5, 0.6) is 0 Å². The number of aromatic amines is 1. The first kappa shape index (κ1) is 10.6. The number of hydrogen-bond donors (Lipinski definition) is 2. The maximum absolute atomic E-state index is 11.8. The summed E-state index contributed by atoms with van der Waals surface area (Å²) in [5, 5.41) is 3.03. The van der Waals surface area contributed by atoms with E-state index in [0.29, 0.717) is 13.0 Å². The summed E-state index contributed by atoms with van der Waals surface area (Å²) in [6.45, 7) is 0.463. The third-order valence-electron chi connectivity index (χ3n) is 2.51. The molecule has 0 fully saturated rings. The van der Waals surface area contributed by atoms with Gasteiger partial charge in [-0.3, -0.25) is 19.6 Å². The molecule has 0 bridgehead atoms. The van der Waals surface area contributed by atoms with Gasteiger partial charge in [-0.1, -0.05) is 0 Å². The van der Waals surface area contributed by atoms with Gasteiger partial charge in [0.2, 0.25) is 0 Å². The molecule has 3 N–H and O–H groups in total. The second-order valence-electron chi connectivity index (χ2n) is 3.60. The van der Waals surface area contributed by atoms with Gasteiger partial charge < -0.3 is 5.73 Å². The summed E-state index contributed by atoms with van der Waals surface area (Å²) < 4.78 is 1.47. The Morgan fingerprint density at radius 1 is 1.44 bits per heavy atom. The predicted molar refractivity (Wildman–Crippen MR) is 62.0 cm³/mol. The van der Waals surface area contributed by atoms with Gasteiger partial charge in [0.15, 0.2) is 0 Å². The van der Waals surface area contributed by atoms with Crippen molar-refractivity contribution in [2.75, 3.05) is 6.54 Å². The molecule has 2 rings (SSSR count). The summed E-state index contributed by atoms with van der Waals surface area (Å²) in [7, 11) is 1.70. The van der Waals surface area contributed by atoms with Crippen LogP contribution >= 0.6 is 0 Å². The number of nitrogens with one attached hydrogen (secondary N) is 1. The molecule has 0 amide bonds. The van der Waals surface area contributed by atoms with Crippen LogP contribution in [-0.2, 0) is 13.5 Å². The average molecular weight is 218 g/mol. The molecular weight excluding hydrogens is 204 g/mol. The average Bonchev–Trinajstić information content (AvgIpc) is 2.59. The zero-order valence-corrected chi connectivity index (χ0v) is 9.10. The maximum atomic E-state index is 11.8. The van der Waals surface area contributed by atoms with Crippen LogP contribution < -0.4 is 11.3 Å². The largest absolute Gasteiger partial charge is 0.330 e. The zero-order valence-electron chi connectivity index (χ0n) is 9.10. The second-order valence-corrected chi connectivity index (χ2v) is 3.60. The highest BCUT2D eigenvalue weighted by Gasteiger charge is 2.12. The monoisotopic (exact) mass is 218 g/mol. The van der Waals surface area contributed by atoms with Gasteiger partial charge in [-0.25, -0.2) is 0 Å². The Hall–Kier alpha value is -1.88. The summed E-state index contributed by atoms with van der Waals surface area (Å²) in [4.78, 5) is 15.8. The Labute approximate surface area is 92.9 Å². The summed E-state index contributed by atoms with van der Waals surface area (Å²) >= 11 is 0. The molecule has 2 aromatic heterocycles. The molecule has 0 atom stereocenters. The van der Waals surface area contributed by atoms with E-state index >= 15 is 0 Å². The third kappa shape index (κ3) is 1.77. The minimum Gasteiger partial charge on any atom is -0.330 e. The van der Waals surface area contributed by atoms with E-state index in [2.05, 4.69) is 10.1 Å². The fraction of sp³-hybridized carbons (Fsp3) is 0.273. The minimum atomic E-state index is -0.0164. The van der Waals surface area contributed by atoms with Crippen molar-refractivity contribution in [3.8, 4) is 11.3 Å². The number of aromatic nitrogens is 3. The van der Waals surface area contributed by atoms with Gasteiger partial charge in [0.05, 0.1) is 5.69 Å². The Morgan fingerprint density at radius 3 is 2.75 bits per heavy atom. The molecule has 0 aromatic carbocycles. The van der Waals surface area contributed by atoms with Crippen molar-refractivity contribution in [2.24, 2.45) is 12.8 Å². The lowest BCUT2D eigenvalue weighted by atomic mass is 10.1. The second kappa shape index (κ2) is 4.32. The van der Waals surface area contributed by atoms with Crippen LogP contribution in [0.1, 0.15) is 5.56 Å². The number of nitrogens with two attached hydrogens (primary N) is 1. The summed E-state index contributed by atoms with van der Waals surface area (Å²) in [6, 6.07) is 3.73. The van der Waals surface area contributed by atoms with Gasteiger partial charge >= 0.3 is 0 Å². The molecule has 0 spiro atoms. The van der Waals surface area contributed by atoms with E-state index in [1.165, 1.54) is 4.68 Å².